The summed E-state index contributed by atoms with van der Waals surface area (Å²) in [5, 5.41) is 26.3. The third kappa shape index (κ3) is 2.02. The van der Waals surface area contributed by atoms with E-state index in [-0.39, 0.29) is 5.59 Å². The van der Waals surface area contributed by atoms with Gasteiger partial charge in [0.1, 0.15) is 11.4 Å². The van der Waals surface area contributed by atoms with Crippen LogP contribution in [-0.2, 0) is 4.74 Å². The Labute approximate surface area is 108 Å². The predicted molar refractivity (Wildman–Crippen MR) is 67.2 cm³/mol. The molecule has 1 unspecified atom stereocenters. The van der Waals surface area contributed by atoms with Crippen LogP contribution in [0.25, 0.3) is 10.9 Å². The highest BCUT2D eigenvalue weighted by atomic mass is 19.1. The first-order valence-electron chi connectivity index (χ1n) is 5.97. The SMILES string of the molecule is Cc1cc(F)cc2c(B(O)O)nn(C3NCCO3)c12. The molecule has 0 aliphatic carbocycles. The van der Waals surface area contributed by atoms with Crippen LogP contribution >= 0.6 is 0 Å². The van der Waals surface area contributed by atoms with Gasteiger partial charge in [-0.1, -0.05) is 0 Å². The zero-order chi connectivity index (χ0) is 13.6. The maximum atomic E-state index is 13.5. The molecule has 1 atom stereocenters. The lowest BCUT2D eigenvalue weighted by molar-refractivity contribution is 0.0382. The molecule has 8 heteroatoms. The highest BCUT2D eigenvalue weighted by Crippen LogP contribution is 2.22. The summed E-state index contributed by atoms with van der Waals surface area (Å²) in [5.41, 5.74) is 1.31. The molecule has 19 heavy (non-hydrogen) atoms. The molecule has 0 bridgehead atoms. The van der Waals surface area contributed by atoms with Crippen LogP contribution in [0.15, 0.2) is 12.1 Å². The number of halogens is 1. The van der Waals surface area contributed by atoms with Crippen molar-refractivity contribution in [1.29, 1.82) is 0 Å². The molecule has 0 amide bonds. The molecule has 6 nitrogen and oxygen atoms in total. The first-order chi connectivity index (χ1) is 9.08. The van der Waals surface area contributed by atoms with Crippen molar-refractivity contribution in [2.75, 3.05) is 13.2 Å². The van der Waals surface area contributed by atoms with E-state index in [4.69, 9.17) is 4.74 Å². The standard InChI is InChI=1S/C11H13BFN3O3/c1-6-4-7(13)5-8-9(6)16(11-14-2-3-19-11)15-10(8)12(17)18/h4-5,11,14,17-18H,2-3H2,1H3. The Bertz CT molecular complexity index is 625. The summed E-state index contributed by atoms with van der Waals surface area (Å²) in [6.07, 6.45) is -0.473. The molecule has 2 aromatic rings. The molecule has 1 aliphatic heterocycles. The van der Waals surface area contributed by atoms with E-state index in [1.165, 1.54) is 16.8 Å². The lowest BCUT2D eigenvalue weighted by atomic mass is 9.83. The van der Waals surface area contributed by atoms with Crippen LogP contribution in [0.1, 0.15) is 11.9 Å². The number of nitrogens with one attached hydrogen (secondary N) is 1. The van der Waals surface area contributed by atoms with Crippen molar-refractivity contribution in [3.63, 3.8) is 0 Å². The first-order valence-corrected chi connectivity index (χ1v) is 5.97. The van der Waals surface area contributed by atoms with Crippen LogP contribution in [0.3, 0.4) is 0 Å². The van der Waals surface area contributed by atoms with Gasteiger partial charge in [-0.15, -0.1) is 0 Å². The number of fused-ring (bicyclic) bond motifs is 1. The van der Waals surface area contributed by atoms with Gasteiger partial charge < -0.3 is 14.8 Å². The van der Waals surface area contributed by atoms with E-state index in [0.29, 0.717) is 29.6 Å². The van der Waals surface area contributed by atoms with Gasteiger partial charge in [0.05, 0.1) is 12.1 Å². The molecule has 1 saturated heterocycles. The molecule has 1 aromatic carbocycles. The van der Waals surface area contributed by atoms with Crippen molar-refractivity contribution in [3.8, 4) is 0 Å². The van der Waals surface area contributed by atoms with Crippen molar-refractivity contribution in [2.45, 2.75) is 13.3 Å². The third-order valence-electron chi connectivity index (χ3n) is 3.15. The Morgan fingerprint density at radius 3 is 2.95 bits per heavy atom. The van der Waals surface area contributed by atoms with E-state index in [1.54, 1.807) is 6.92 Å². The summed E-state index contributed by atoms with van der Waals surface area (Å²) >= 11 is 0. The van der Waals surface area contributed by atoms with Crippen molar-refractivity contribution in [2.24, 2.45) is 0 Å². The van der Waals surface area contributed by atoms with Gasteiger partial charge in [0.15, 0.2) is 0 Å². The van der Waals surface area contributed by atoms with Gasteiger partial charge in [-0.3, -0.25) is 5.32 Å². The average Bonchev–Trinajstić information content (AvgIpc) is 2.93. The van der Waals surface area contributed by atoms with Crippen molar-refractivity contribution in [1.82, 2.24) is 15.1 Å². The number of nitrogens with zero attached hydrogens (tertiary/aromatic N) is 2. The van der Waals surface area contributed by atoms with E-state index in [9.17, 15) is 14.4 Å². The number of hydrogen-bond donors (Lipinski definition) is 3. The summed E-state index contributed by atoms with van der Waals surface area (Å²) in [4.78, 5) is 0. The second kappa shape index (κ2) is 4.57. The number of ether oxygens (including phenoxy) is 1. The molecular weight excluding hydrogens is 252 g/mol. The quantitative estimate of drug-likeness (QED) is 0.622. The van der Waals surface area contributed by atoms with Gasteiger partial charge in [0.2, 0.25) is 6.35 Å². The van der Waals surface area contributed by atoms with E-state index >= 15 is 0 Å². The summed E-state index contributed by atoms with van der Waals surface area (Å²) in [5.74, 6) is -0.438. The largest absolute Gasteiger partial charge is 0.510 e. The maximum absolute atomic E-state index is 13.5. The summed E-state index contributed by atoms with van der Waals surface area (Å²) < 4.78 is 20.5. The van der Waals surface area contributed by atoms with Crippen LogP contribution in [0.5, 0.6) is 0 Å². The molecule has 3 rings (SSSR count). The van der Waals surface area contributed by atoms with E-state index in [1.807, 2.05) is 0 Å². The molecule has 1 aliphatic rings. The highest BCUT2D eigenvalue weighted by molar-refractivity contribution is 6.60. The minimum atomic E-state index is -1.76. The lowest BCUT2D eigenvalue weighted by Gasteiger charge is -2.12. The molecule has 100 valence electrons. The van der Waals surface area contributed by atoms with Crippen LogP contribution in [0, 0.1) is 12.7 Å². The topological polar surface area (TPSA) is 79.5 Å². The van der Waals surface area contributed by atoms with E-state index in [0.717, 1.165) is 0 Å². The van der Waals surface area contributed by atoms with Crippen LogP contribution in [0.2, 0.25) is 0 Å². The van der Waals surface area contributed by atoms with Crippen molar-refractivity contribution >= 4 is 23.6 Å². The Morgan fingerprint density at radius 1 is 1.53 bits per heavy atom. The molecule has 0 spiro atoms. The summed E-state index contributed by atoms with van der Waals surface area (Å²) in [6, 6.07) is 2.62. The Balaban J connectivity index is 2.27. The predicted octanol–water partition coefficient (Wildman–Crippen LogP) is -0.760. The molecule has 1 fully saturated rings. The minimum absolute atomic E-state index is 0.0231. The van der Waals surface area contributed by atoms with E-state index in [2.05, 4.69) is 10.4 Å². The Kier molecular flexibility index (Phi) is 3.02. The zero-order valence-electron chi connectivity index (χ0n) is 10.3. The number of aryl methyl sites for hydroxylation is 1. The average molecular weight is 265 g/mol. The van der Waals surface area contributed by atoms with Crippen LogP contribution < -0.4 is 10.9 Å². The Morgan fingerprint density at radius 2 is 2.32 bits per heavy atom. The third-order valence-corrected chi connectivity index (χ3v) is 3.15. The molecule has 0 saturated carbocycles. The lowest BCUT2D eigenvalue weighted by Crippen LogP contribution is -2.33. The fourth-order valence-corrected chi connectivity index (χ4v) is 2.38. The Hall–Kier alpha value is -1.48. The van der Waals surface area contributed by atoms with Crippen molar-refractivity contribution in [3.05, 3.63) is 23.5 Å². The molecule has 0 radical (unpaired) electrons. The zero-order valence-corrected chi connectivity index (χ0v) is 10.3. The van der Waals surface area contributed by atoms with Gasteiger partial charge in [0.25, 0.3) is 0 Å². The number of hydrogen-bond acceptors (Lipinski definition) is 5. The smallest absolute Gasteiger partial charge is 0.422 e. The molecular formula is C11H13BFN3O3. The van der Waals surface area contributed by atoms with Gasteiger partial charge in [-0.2, -0.15) is 5.10 Å². The van der Waals surface area contributed by atoms with Gasteiger partial charge >= 0.3 is 7.12 Å². The van der Waals surface area contributed by atoms with Crippen LogP contribution in [0.4, 0.5) is 4.39 Å². The van der Waals surface area contributed by atoms with E-state index < -0.39 is 19.3 Å². The maximum Gasteiger partial charge on any atom is 0.510 e. The van der Waals surface area contributed by atoms with Crippen LogP contribution in [-0.4, -0.2) is 40.1 Å². The summed E-state index contributed by atoms with van der Waals surface area (Å²) in [6.45, 7) is 2.97. The second-order valence-corrected chi connectivity index (χ2v) is 4.50. The number of rotatable bonds is 2. The molecule has 3 N–H and O–H groups in total. The van der Waals surface area contributed by atoms with Gasteiger partial charge in [0, 0.05) is 11.9 Å². The van der Waals surface area contributed by atoms with Gasteiger partial charge in [-0.25, -0.2) is 9.07 Å². The highest BCUT2D eigenvalue weighted by Gasteiger charge is 2.27. The molecule has 2 heterocycles. The van der Waals surface area contributed by atoms with Gasteiger partial charge in [-0.05, 0) is 24.6 Å². The molecule has 1 aromatic heterocycles. The minimum Gasteiger partial charge on any atom is -0.422 e. The summed E-state index contributed by atoms with van der Waals surface area (Å²) in [7, 11) is -1.76. The number of benzene rings is 1. The first kappa shape index (κ1) is 12.6. The normalized spacial score (nSPS) is 19.3. The second-order valence-electron chi connectivity index (χ2n) is 4.50. The monoisotopic (exact) mass is 265 g/mol. The fraction of sp³-hybridized carbons (Fsp3) is 0.364. The van der Waals surface area contributed by atoms with Crippen molar-refractivity contribution < 1.29 is 19.2 Å². The fourth-order valence-electron chi connectivity index (χ4n) is 2.38. The number of aromatic nitrogens is 2.